The zero-order valence-electron chi connectivity index (χ0n) is 17.2. The molecule has 1 amide bonds. The van der Waals surface area contributed by atoms with Crippen LogP contribution in [0.25, 0.3) is 11.3 Å². The van der Waals surface area contributed by atoms with E-state index in [2.05, 4.69) is 21.5 Å². The predicted molar refractivity (Wildman–Crippen MR) is 122 cm³/mol. The van der Waals surface area contributed by atoms with Crippen LogP contribution in [-0.2, 0) is 13.7 Å². The molecule has 0 aliphatic heterocycles. The summed E-state index contributed by atoms with van der Waals surface area (Å²) in [4.78, 5) is 17.8. The molecule has 6 nitrogen and oxygen atoms in total. The number of thiophene rings is 1. The first-order valence-corrected chi connectivity index (χ1v) is 11.2. The van der Waals surface area contributed by atoms with E-state index in [1.54, 1.807) is 10.9 Å². The van der Waals surface area contributed by atoms with Gasteiger partial charge in [-0.15, -0.1) is 22.7 Å². The van der Waals surface area contributed by atoms with Crippen LogP contribution >= 0.6 is 22.7 Å². The van der Waals surface area contributed by atoms with Crippen molar-refractivity contribution in [3.8, 4) is 17.0 Å². The van der Waals surface area contributed by atoms with Crippen molar-refractivity contribution in [2.45, 2.75) is 27.4 Å². The molecule has 0 aliphatic rings. The van der Waals surface area contributed by atoms with Crippen LogP contribution in [0.4, 0.5) is 5.13 Å². The van der Waals surface area contributed by atoms with Crippen LogP contribution in [0.15, 0.2) is 41.2 Å². The Labute approximate surface area is 183 Å². The maximum atomic E-state index is 12.6. The van der Waals surface area contributed by atoms with Crippen molar-refractivity contribution in [1.82, 2.24) is 14.8 Å². The summed E-state index contributed by atoms with van der Waals surface area (Å²) in [6.07, 6.45) is 1.79. The lowest BCUT2D eigenvalue weighted by Crippen LogP contribution is -2.09. The molecule has 1 N–H and O–H groups in total. The van der Waals surface area contributed by atoms with E-state index in [9.17, 15) is 4.79 Å². The molecule has 0 radical (unpaired) electrons. The molecule has 1 aromatic carbocycles. The zero-order valence-corrected chi connectivity index (χ0v) is 18.9. The highest BCUT2D eigenvalue weighted by Crippen LogP contribution is 2.28. The van der Waals surface area contributed by atoms with Crippen LogP contribution in [0.2, 0.25) is 0 Å². The van der Waals surface area contributed by atoms with E-state index in [1.165, 1.54) is 33.8 Å². The molecule has 0 saturated carbocycles. The second-order valence-electron chi connectivity index (χ2n) is 7.19. The third-order valence-corrected chi connectivity index (χ3v) is 6.45. The fourth-order valence-electron chi connectivity index (χ4n) is 3.12. The number of amides is 1. The predicted octanol–water partition coefficient (Wildman–Crippen LogP) is 5.36. The molecule has 0 saturated heterocycles. The fraction of sp³-hybridized carbons (Fsp3) is 0.227. The number of hydrogen-bond acceptors (Lipinski definition) is 6. The first kappa shape index (κ1) is 20.3. The lowest BCUT2D eigenvalue weighted by molar-refractivity contribution is 0.103. The number of nitrogens with one attached hydrogen (secondary N) is 1. The molecule has 3 aromatic heterocycles. The minimum absolute atomic E-state index is 0.165. The van der Waals surface area contributed by atoms with Crippen LogP contribution in [-0.4, -0.2) is 20.7 Å². The van der Waals surface area contributed by atoms with Crippen molar-refractivity contribution in [3.63, 3.8) is 0 Å². The number of hydrogen-bond donors (Lipinski definition) is 1. The fourth-order valence-corrected chi connectivity index (χ4v) is 4.61. The van der Waals surface area contributed by atoms with Crippen LogP contribution < -0.4 is 10.1 Å². The Hall–Kier alpha value is -2.97. The summed E-state index contributed by atoms with van der Waals surface area (Å²) in [6, 6.07) is 8.00. The van der Waals surface area contributed by atoms with Crippen molar-refractivity contribution in [1.29, 1.82) is 0 Å². The third kappa shape index (κ3) is 4.44. The number of rotatable bonds is 6. The Morgan fingerprint density at radius 1 is 1.10 bits per heavy atom. The van der Waals surface area contributed by atoms with Gasteiger partial charge >= 0.3 is 0 Å². The normalized spacial score (nSPS) is 10.9. The molecular formula is C22H22N4O2S2. The summed E-state index contributed by atoms with van der Waals surface area (Å²) < 4.78 is 7.69. The van der Waals surface area contributed by atoms with E-state index in [0.29, 0.717) is 16.6 Å². The second kappa shape index (κ2) is 8.41. The Kier molecular flexibility index (Phi) is 5.69. The van der Waals surface area contributed by atoms with E-state index < -0.39 is 0 Å². The molecule has 0 aliphatic carbocycles. The molecule has 0 atom stereocenters. The molecule has 8 heteroatoms. The number of thiazole rings is 1. The number of carbonyl (C=O) groups excluding carboxylic acids is 1. The Morgan fingerprint density at radius 3 is 2.57 bits per heavy atom. The maximum Gasteiger partial charge on any atom is 0.267 e. The van der Waals surface area contributed by atoms with Gasteiger partial charge in [-0.2, -0.15) is 5.10 Å². The number of ether oxygens (including phenoxy) is 1. The van der Waals surface area contributed by atoms with E-state index in [1.807, 2.05) is 56.8 Å². The van der Waals surface area contributed by atoms with Crippen LogP contribution in [0.5, 0.6) is 5.75 Å². The molecule has 0 spiro atoms. The molecular weight excluding hydrogens is 416 g/mol. The average molecular weight is 439 g/mol. The van der Waals surface area contributed by atoms with Gasteiger partial charge in [-0.05, 0) is 55.5 Å². The second-order valence-corrected chi connectivity index (χ2v) is 8.96. The van der Waals surface area contributed by atoms with Gasteiger partial charge in [0, 0.05) is 29.2 Å². The van der Waals surface area contributed by atoms with Crippen molar-refractivity contribution in [3.05, 3.63) is 68.5 Å². The van der Waals surface area contributed by atoms with Gasteiger partial charge in [-0.1, -0.05) is 6.07 Å². The van der Waals surface area contributed by atoms with Crippen molar-refractivity contribution < 1.29 is 9.53 Å². The van der Waals surface area contributed by atoms with Gasteiger partial charge in [0.1, 0.15) is 12.4 Å². The number of anilines is 1. The topological polar surface area (TPSA) is 69.0 Å². The Bertz CT molecular complexity index is 1190. The SMILES string of the molecule is Cc1cc(C)cc(OCc2csc(C(=O)Nc3nc(-c4cnn(C)c4C)cs3)c2)c1. The largest absolute Gasteiger partial charge is 0.489 e. The highest BCUT2D eigenvalue weighted by Gasteiger charge is 2.14. The van der Waals surface area contributed by atoms with Crippen LogP contribution in [0.1, 0.15) is 32.1 Å². The van der Waals surface area contributed by atoms with Gasteiger partial charge in [-0.25, -0.2) is 4.98 Å². The van der Waals surface area contributed by atoms with Gasteiger partial charge < -0.3 is 4.74 Å². The quantitative estimate of drug-likeness (QED) is 0.440. The molecule has 0 fully saturated rings. The van der Waals surface area contributed by atoms with E-state index in [4.69, 9.17) is 4.74 Å². The minimum Gasteiger partial charge on any atom is -0.489 e. The summed E-state index contributed by atoms with van der Waals surface area (Å²) in [7, 11) is 1.89. The van der Waals surface area contributed by atoms with Gasteiger partial charge in [0.05, 0.1) is 16.8 Å². The highest BCUT2D eigenvalue weighted by molar-refractivity contribution is 7.14. The van der Waals surface area contributed by atoms with Gasteiger partial charge in [0.15, 0.2) is 5.13 Å². The molecule has 30 heavy (non-hydrogen) atoms. The van der Waals surface area contributed by atoms with Gasteiger partial charge in [0.25, 0.3) is 5.91 Å². The first-order chi connectivity index (χ1) is 14.4. The van der Waals surface area contributed by atoms with Gasteiger partial charge in [0.2, 0.25) is 0 Å². The molecule has 154 valence electrons. The number of nitrogens with zero attached hydrogens (tertiary/aromatic N) is 3. The van der Waals surface area contributed by atoms with E-state index in [-0.39, 0.29) is 5.91 Å². The van der Waals surface area contributed by atoms with Crippen LogP contribution in [0, 0.1) is 20.8 Å². The number of aromatic nitrogens is 3. The first-order valence-electron chi connectivity index (χ1n) is 9.43. The third-order valence-electron chi connectivity index (χ3n) is 4.71. The van der Waals surface area contributed by atoms with Crippen molar-refractivity contribution in [2.24, 2.45) is 7.05 Å². The number of benzene rings is 1. The lowest BCUT2D eigenvalue weighted by Gasteiger charge is -2.07. The Balaban J connectivity index is 1.39. The average Bonchev–Trinajstić information content (AvgIpc) is 3.41. The lowest BCUT2D eigenvalue weighted by atomic mass is 10.1. The van der Waals surface area contributed by atoms with Crippen molar-refractivity contribution >= 4 is 33.7 Å². The molecule has 4 aromatic rings. The van der Waals surface area contributed by atoms with Gasteiger partial charge in [-0.3, -0.25) is 14.8 Å². The molecule has 0 unspecified atom stereocenters. The van der Waals surface area contributed by atoms with Crippen molar-refractivity contribution in [2.75, 3.05) is 5.32 Å². The summed E-state index contributed by atoms with van der Waals surface area (Å²) in [6.45, 7) is 6.51. The molecule has 3 heterocycles. The number of aryl methyl sites for hydroxylation is 3. The highest BCUT2D eigenvalue weighted by atomic mass is 32.1. The summed E-state index contributed by atoms with van der Waals surface area (Å²) in [5.74, 6) is 0.673. The Morgan fingerprint density at radius 2 is 1.87 bits per heavy atom. The number of carbonyl (C=O) groups is 1. The maximum absolute atomic E-state index is 12.6. The minimum atomic E-state index is -0.165. The monoisotopic (exact) mass is 438 g/mol. The molecule has 0 bridgehead atoms. The van der Waals surface area contributed by atoms with E-state index >= 15 is 0 Å². The van der Waals surface area contributed by atoms with E-state index in [0.717, 1.165) is 28.3 Å². The standard InChI is InChI=1S/C22H22N4O2S2/c1-13-5-14(2)7-17(6-13)28-10-16-8-20(29-11-16)21(27)25-22-24-19(12-30-22)18-9-23-26(4)15(18)3/h5-9,11-12H,10H2,1-4H3,(H,24,25,27). The summed E-state index contributed by atoms with van der Waals surface area (Å²) >= 11 is 2.80. The smallest absolute Gasteiger partial charge is 0.267 e. The zero-order chi connectivity index (χ0) is 21.3. The molecule has 4 rings (SSSR count). The summed E-state index contributed by atoms with van der Waals surface area (Å²) in [5.41, 5.74) is 6.12. The summed E-state index contributed by atoms with van der Waals surface area (Å²) in [5, 5.41) is 11.6. The van der Waals surface area contributed by atoms with Crippen LogP contribution in [0.3, 0.4) is 0 Å².